The highest BCUT2D eigenvalue weighted by Crippen LogP contribution is 2.38. The Kier molecular flexibility index (Phi) is 5.76. The quantitative estimate of drug-likeness (QED) is 0.656. The smallest absolute Gasteiger partial charge is 0.306 e. The molecule has 0 unspecified atom stereocenters. The van der Waals surface area contributed by atoms with E-state index in [0.29, 0.717) is 35.6 Å². The predicted molar refractivity (Wildman–Crippen MR) is 101 cm³/mol. The third-order valence-corrected chi connectivity index (χ3v) is 5.63. The van der Waals surface area contributed by atoms with Gasteiger partial charge in [-0.15, -0.1) is 0 Å². The predicted octanol–water partition coefficient (Wildman–Crippen LogP) is 5.51. The number of ketones is 1. The van der Waals surface area contributed by atoms with Crippen LogP contribution in [0.4, 0.5) is 0 Å². The van der Waals surface area contributed by atoms with Crippen molar-refractivity contribution in [2.24, 2.45) is 5.92 Å². The van der Waals surface area contributed by atoms with Crippen molar-refractivity contribution in [1.82, 2.24) is 0 Å². The van der Waals surface area contributed by atoms with Gasteiger partial charge in [0.15, 0.2) is 5.78 Å². The Hall–Kier alpha value is -1.75. The monoisotopic (exact) mass is 412 g/mol. The van der Waals surface area contributed by atoms with E-state index in [0.717, 1.165) is 0 Å². The second kappa shape index (κ2) is 7.87. The number of carboxylic acids is 1. The fraction of sp³-hybridized carbons (Fsp3) is 0.263. The number of aliphatic carboxylic acids is 1. The van der Waals surface area contributed by atoms with Crippen LogP contribution in [-0.4, -0.2) is 23.0 Å². The molecule has 0 radical (unpaired) electrons. The summed E-state index contributed by atoms with van der Waals surface area (Å²) in [5.74, 6) is -1.22. The number of halogens is 3. The van der Waals surface area contributed by atoms with Crippen molar-refractivity contribution in [3.8, 4) is 5.75 Å². The molecule has 1 fully saturated rings. The number of rotatable bonds is 5. The zero-order chi connectivity index (χ0) is 18.8. The van der Waals surface area contributed by atoms with Crippen molar-refractivity contribution in [3.63, 3.8) is 0 Å². The zero-order valence-corrected chi connectivity index (χ0v) is 15.8. The number of carboxylic acid groups (broad SMARTS) is 1. The van der Waals surface area contributed by atoms with E-state index in [9.17, 15) is 9.59 Å². The van der Waals surface area contributed by atoms with Crippen LogP contribution in [0.5, 0.6) is 5.75 Å². The largest absolute Gasteiger partial charge is 0.489 e. The van der Waals surface area contributed by atoms with Crippen LogP contribution >= 0.6 is 34.8 Å². The Morgan fingerprint density at radius 1 is 0.962 bits per heavy atom. The van der Waals surface area contributed by atoms with Crippen molar-refractivity contribution >= 4 is 46.6 Å². The van der Waals surface area contributed by atoms with E-state index in [1.54, 1.807) is 36.4 Å². The topological polar surface area (TPSA) is 63.6 Å². The summed E-state index contributed by atoms with van der Waals surface area (Å²) in [5.41, 5.74) is 0.563. The molecule has 0 amide bonds. The van der Waals surface area contributed by atoms with Gasteiger partial charge in [-0.1, -0.05) is 46.9 Å². The number of benzene rings is 2. The molecule has 4 nitrogen and oxygen atoms in total. The fourth-order valence-electron chi connectivity index (χ4n) is 3.04. The first kappa shape index (κ1) is 19.0. The van der Waals surface area contributed by atoms with Crippen LogP contribution in [0, 0.1) is 5.92 Å². The van der Waals surface area contributed by atoms with Crippen LogP contribution in [0.1, 0.15) is 35.2 Å². The van der Waals surface area contributed by atoms with Crippen molar-refractivity contribution in [3.05, 3.63) is 62.6 Å². The standard InChI is InChI=1S/C19H15Cl3O4/c20-14-4-2-1-3-12(14)18(23)13-7-8-15(17(22)16(13)21)26-11-6-5-10(9-11)19(24)25/h1-4,7-8,10-11H,5-6,9H2,(H,24,25)/t10-,11-/m0/s1. The van der Waals surface area contributed by atoms with E-state index in [-0.39, 0.29) is 27.5 Å². The number of hydrogen-bond donors (Lipinski definition) is 1. The van der Waals surface area contributed by atoms with E-state index in [4.69, 9.17) is 44.6 Å². The lowest BCUT2D eigenvalue weighted by Gasteiger charge is -2.16. The minimum atomic E-state index is -0.819. The summed E-state index contributed by atoms with van der Waals surface area (Å²) in [6, 6.07) is 9.80. The minimum absolute atomic E-state index is 0.0851. The van der Waals surface area contributed by atoms with Gasteiger partial charge in [-0.2, -0.15) is 0 Å². The molecule has 136 valence electrons. The zero-order valence-electron chi connectivity index (χ0n) is 13.5. The molecule has 2 aromatic rings. The Bertz CT molecular complexity index is 866. The molecule has 2 atom stereocenters. The maximum Gasteiger partial charge on any atom is 0.306 e. The molecule has 0 saturated heterocycles. The lowest BCUT2D eigenvalue weighted by atomic mass is 10.0. The molecular formula is C19H15Cl3O4. The Labute approximate surface area is 165 Å². The molecule has 0 aromatic heterocycles. The first-order valence-electron chi connectivity index (χ1n) is 8.05. The summed E-state index contributed by atoms with van der Waals surface area (Å²) in [7, 11) is 0. The van der Waals surface area contributed by atoms with E-state index >= 15 is 0 Å². The van der Waals surface area contributed by atoms with Gasteiger partial charge >= 0.3 is 5.97 Å². The summed E-state index contributed by atoms with van der Waals surface area (Å²) in [6.45, 7) is 0. The molecule has 26 heavy (non-hydrogen) atoms. The highest BCUT2D eigenvalue weighted by Gasteiger charge is 2.31. The van der Waals surface area contributed by atoms with Gasteiger partial charge in [-0.05, 0) is 43.5 Å². The molecule has 0 spiro atoms. The average Bonchev–Trinajstić information content (AvgIpc) is 3.08. The molecular weight excluding hydrogens is 399 g/mol. The summed E-state index contributed by atoms with van der Waals surface area (Å²) in [4.78, 5) is 23.7. The summed E-state index contributed by atoms with van der Waals surface area (Å²) < 4.78 is 5.81. The second-order valence-corrected chi connectivity index (χ2v) is 7.30. The maximum atomic E-state index is 12.7. The van der Waals surface area contributed by atoms with Crippen molar-refractivity contribution in [1.29, 1.82) is 0 Å². The van der Waals surface area contributed by atoms with Gasteiger partial charge in [0.05, 0.1) is 22.1 Å². The van der Waals surface area contributed by atoms with Crippen molar-refractivity contribution in [2.45, 2.75) is 25.4 Å². The molecule has 0 aliphatic heterocycles. The summed E-state index contributed by atoms with van der Waals surface area (Å²) in [6.07, 6.45) is 1.37. The van der Waals surface area contributed by atoms with Crippen LogP contribution < -0.4 is 4.74 Å². The molecule has 1 aliphatic rings. The first-order valence-corrected chi connectivity index (χ1v) is 9.18. The number of hydrogen-bond acceptors (Lipinski definition) is 3. The van der Waals surface area contributed by atoms with E-state index in [1.165, 1.54) is 0 Å². The van der Waals surface area contributed by atoms with Gasteiger partial charge in [0.2, 0.25) is 0 Å². The molecule has 1 saturated carbocycles. The van der Waals surface area contributed by atoms with Crippen LogP contribution in [0.3, 0.4) is 0 Å². The van der Waals surface area contributed by atoms with Crippen molar-refractivity contribution < 1.29 is 19.4 Å². The molecule has 7 heteroatoms. The Balaban J connectivity index is 1.82. The molecule has 2 aromatic carbocycles. The molecule has 1 aliphatic carbocycles. The molecule has 0 bridgehead atoms. The highest BCUT2D eigenvalue weighted by atomic mass is 35.5. The normalized spacial score (nSPS) is 19.3. The minimum Gasteiger partial charge on any atom is -0.489 e. The number of ether oxygens (including phenoxy) is 1. The first-order chi connectivity index (χ1) is 12.4. The van der Waals surface area contributed by atoms with Crippen LogP contribution in [0.15, 0.2) is 36.4 Å². The average molecular weight is 414 g/mol. The maximum absolute atomic E-state index is 12.7. The summed E-state index contributed by atoms with van der Waals surface area (Å²) >= 11 is 18.7. The third kappa shape index (κ3) is 3.83. The Morgan fingerprint density at radius 3 is 2.35 bits per heavy atom. The van der Waals surface area contributed by atoms with Gasteiger partial charge in [0.1, 0.15) is 10.8 Å². The molecule has 1 N–H and O–H groups in total. The molecule has 0 heterocycles. The Morgan fingerprint density at radius 2 is 1.69 bits per heavy atom. The number of carbonyl (C=O) groups is 2. The van der Waals surface area contributed by atoms with Crippen LogP contribution in [-0.2, 0) is 4.79 Å². The van der Waals surface area contributed by atoms with Crippen LogP contribution in [0.25, 0.3) is 0 Å². The number of carbonyl (C=O) groups excluding carboxylic acids is 1. The van der Waals surface area contributed by atoms with Gasteiger partial charge in [0.25, 0.3) is 0 Å². The highest BCUT2D eigenvalue weighted by molar-refractivity contribution is 6.45. The van der Waals surface area contributed by atoms with Gasteiger partial charge in [-0.3, -0.25) is 9.59 Å². The van der Waals surface area contributed by atoms with Crippen molar-refractivity contribution in [2.75, 3.05) is 0 Å². The second-order valence-electron chi connectivity index (χ2n) is 6.14. The lowest BCUT2D eigenvalue weighted by molar-refractivity contribution is -0.141. The van der Waals surface area contributed by atoms with Gasteiger partial charge < -0.3 is 9.84 Å². The summed E-state index contributed by atoms with van der Waals surface area (Å²) in [5, 5.41) is 9.62. The van der Waals surface area contributed by atoms with E-state index < -0.39 is 11.9 Å². The van der Waals surface area contributed by atoms with Crippen LogP contribution in [0.2, 0.25) is 15.1 Å². The van der Waals surface area contributed by atoms with E-state index in [1.807, 2.05) is 0 Å². The van der Waals surface area contributed by atoms with Gasteiger partial charge in [-0.25, -0.2) is 0 Å². The lowest BCUT2D eigenvalue weighted by Crippen LogP contribution is -2.16. The van der Waals surface area contributed by atoms with Gasteiger partial charge in [0, 0.05) is 11.1 Å². The fourth-order valence-corrected chi connectivity index (χ4v) is 3.71. The van der Waals surface area contributed by atoms with E-state index in [2.05, 4.69) is 0 Å². The molecule has 3 rings (SSSR count). The SMILES string of the molecule is O=C(c1ccccc1Cl)c1ccc(O[C@H]2CC[C@H](C(=O)O)C2)c(Cl)c1Cl. The third-order valence-electron chi connectivity index (χ3n) is 4.44.